The molecule has 0 aliphatic carbocycles. The van der Waals surface area contributed by atoms with E-state index in [0.29, 0.717) is 37.7 Å². The number of nitrogens with one attached hydrogen (secondary N) is 1. The van der Waals surface area contributed by atoms with Crippen molar-refractivity contribution in [1.29, 1.82) is 0 Å². The van der Waals surface area contributed by atoms with E-state index in [1.165, 1.54) is 0 Å². The zero-order valence-electron chi connectivity index (χ0n) is 11.3. The summed E-state index contributed by atoms with van der Waals surface area (Å²) in [6.07, 6.45) is 1.67. The molecule has 1 aliphatic rings. The number of anilines is 1. The van der Waals surface area contributed by atoms with Gasteiger partial charge in [-0.15, -0.1) is 0 Å². The molecule has 1 aromatic rings. The van der Waals surface area contributed by atoms with Crippen LogP contribution in [0.2, 0.25) is 0 Å². The maximum Gasteiger partial charge on any atom is 0.245 e. The maximum absolute atomic E-state index is 12.1. The molecule has 108 valence electrons. The molecular weight excluding hydrogens is 276 g/mol. The molecule has 1 fully saturated rings. The van der Waals surface area contributed by atoms with Crippen LogP contribution in [0.4, 0.5) is 5.82 Å². The molecule has 3 N–H and O–H groups in total. The van der Waals surface area contributed by atoms with Gasteiger partial charge in [-0.1, -0.05) is 12.2 Å². The first-order valence-corrected chi connectivity index (χ1v) is 6.93. The largest absolute Gasteiger partial charge is 0.389 e. The quantitative estimate of drug-likeness (QED) is 0.764. The number of ether oxygens (including phenoxy) is 1. The standard InChI is InChI=1S/C13H18N4O2S/c1-2-15-13(18)10-8-19-7-6-17(10)12-9(11(14)20)4-3-5-16-12/h3-5,10H,2,6-8H2,1H3,(H2,14,20)(H,15,18). The Hall–Kier alpha value is -1.73. The molecule has 0 spiro atoms. The molecule has 1 aliphatic heterocycles. The van der Waals surface area contributed by atoms with Crippen LogP contribution in [0.15, 0.2) is 18.3 Å². The molecule has 2 rings (SSSR count). The molecule has 0 aromatic carbocycles. The van der Waals surface area contributed by atoms with E-state index in [2.05, 4.69) is 10.3 Å². The van der Waals surface area contributed by atoms with Crippen LogP contribution >= 0.6 is 12.2 Å². The fourth-order valence-electron chi connectivity index (χ4n) is 2.18. The molecule has 1 saturated heterocycles. The van der Waals surface area contributed by atoms with Crippen molar-refractivity contribution in [3.8, 4) is 0 Å². The smallest absolute Gasteiger partial charge is 0.245 e. The minimum absolute atomic E-state index is 0.0771. The molecule has 1 amide bonds. The summed E-state index contributed by atoms with van der Waals surface area (Å²) in [7, 11) is 0. The molecule has 7 heteroatoms. The second kappa shape index (κ2) is 6.62. The molecule has 0 bridgehead atoms. The van der Waals surface area contributed by atoms with E-state index < -0.39 is 6.04 Å². The fourth-order valence-corrected chi connectivity index (χ4v) is 2.34. The topological polar surface area (TPSA) is 80.5 Å². The van der Waals surface area contributed by atoms with E-state index in [4.69, 9.17) is 22.7 Å². The van der Waals surface area contributed by atoms with E-state index in [-0.39, 0.29) is 10.9 Å². The Labute approximate surface area is 123 Å². The summed E-state index contributed by atoms with van der Waals surface area (Å²) in [6, 6.07) is 3.18. The molecule has 1 aromatic heterocycles. The molecule has 1 unspecified atom stereocenters. The number of likely N-dealkylation sites (N-methyl/N-ethyl adjacent to an activating group) is 1. The van der Waals surface area contributed by atoms with Gasteiger partial charge in [0.1, 0.15) is 16.8 Å². The second-order valence-corrected chi connectivity index (χ2v) is 4.86. The van der Waals surface area contributed by atoms with Gasteiger partial charge in [-0.3, -0.25) is 4.79 Å². The molecule has 0 saturated carbocycles. The Kier molecular flexibility index (Phi) is 4.86. The first-order valence-electron chi connectivity index (χ1n) is 6.52. The third-order valence-corrected chi connectivity index (χ3v) is 3.33. The minimum Gasteiger partial charge on any atom is -0.389 e. The van der Waals surface area contributed by atoms with E-state index in [1.807, 2.05) is 17.9 Å². The van der Waals surface area contributed by atoms with Gasteiger partial charge < -0.3 is 20.7 Å². The third kappa shape index (κ3) is 3.05. The van der Waals surface area contributed by atoms with Crippen LogP contribution in [0.25, 0.3) is 0 Å². The van der Waals surface area contributed by atoms with Gasteiger partial charge in [-0.05, 0) is 19.1 Å². The number of amides is 1. The van der Waals surface area contributed by atoms with Gasteiger partial charge in [0.05, 0.1) is 18.8 Å². The number of hydrogen-bond acceptors (Lipinski definition) is 5. The number of pyridine rings is 1. The Bertz CT molecular complexity index is 509. The summed E-state index contributed by atoms with van der Waals surface area (Å²) < 4.78 is 5.41. The van der Waals surface area contributed by atoms with Gasteiger partial charge in [0.2, 0.25) is 5.91 Å². The van der Waals surface area contributed by atoms with Crippen molar-refractivity contribution in [2.24, 2.45) is 5.73 Å². The SMILES string of the molecule is CCNC(=O)C1COCCN1c1ncccc1C(N)=S. The predicted molar refractivity (Wildman–Crippen MR) is 80.8 cm³/mol. The molecule has 2 heterocycles. The van der Waals surface area contributed by atoms with E-state index in [1.54, 1.807) is 12.3 Å². The van der Waals surface area contributed by atoms with Crippen LogP contribution in [-0.4, -0.2) is 48.2 Å². The lowest BCUT2D eigenvalue weighted by atomic mass is 10.1. The van der Waals surface area contributed by atoms with Crippen LogP contribution in [0.3, 0.4) is 0 Å². The zero-order valence-corrected chi connectivity index (χ0v) is 12.2. The number of morpholine rings is 1. The Balaban J connectivity index is 2.33. The summed E-state index contributed by atoms with van der Waals surface area (Å²) in [4.78, 5) is 18.7. The summed E-state index contributed by atoms with van der Waals surface area (Å²) in [5, 5.41) is 2.81. The maximum atomic E-state index is 12.1. The van der Waals surface area contributed by atoms with E-state index in [9.17, 15) is 4.79 Å². The lowest BCUT2D eigenvalue weighted by Crippen LogP contribution is -2.54. The van der Waals surface area contributed by atoms with Crippen molar-refractivity contribution in [3.05, 3.63) is 23.9 Å². The van der Waals surface area contributed by atoms with Crippen molar-refractivity contribution in [1.82, 2.24) is 10.3 Å². The van der Waals surface area contributed by atoms with Gasteiger partial charge in [-0.25, -0.2) is 4.98 Å². The van der Waals surface area contributed by atoms with E-state index in [0.717, 1.165) is 0 Å². The molecule has 1 atom stereocenters. The zero-order chi connectivity index (χ0) is 14.5. The Morgan fingerprint density at radius 3 is 3.20 bits per heavy atom. The average molecular weight is 294 g/mol. The van der Waals surface area contributed by atoms with Crippen molar-refractivity contribution < 1.29 is 9.53 Å². The van der Waals surface area contributed by atoms with Crippen molar-refractivity contribution in [2.45, 2.75) is 13.0 Å². The highest BCUT2D eigenvalue weighted by Crippen LogP contribution is 2.21. The Morgan fingerprint density at radius 2 is 2.50 bits per heavy atom. The summed E-state index contributed by atoms with van der Waals surface area (Å²) >= 11 is 5.05. The first kappa shape index (κ1) is 14.7. The van der Waals surface area contributed by atoms with Gasteiger partial charge in [0.15, 0.2) is 0 Å². The third-order valence-electron chi connectivity index (χ3n) is 3.11. The molecule has 0 radical (unpaired) electrons. The molecular formula is C13H18N4O2S. The summed E-state index contributed by atoms with van der Waals surface area (Å²) in [5.41, 5.74) is 6.41. The monoisotopic (exact) mass is 294 g/mol. The van der Waals surface area contributed by atoms with Crippen molar-refractivity contribution in [3.63, 3.8) is 0 Å². The van der Waals surface area contributed by atoms with Crippen LogP contribution in [0.5, 0.6) is 0 Å². The summed E-state index contributed by atoms with van der Waals surface area (Å²) in [5.74, 6) is 0.561. The fraction of sp³-hybridized carbons (Fsp3) is 0.462. The number of aromatic nitrogens is 1. The lowest BCUT2D eigenvalue weighted by Gasteiger charge is -2.36. The second-order valence-electron chi connectivity index (χ2n) is 4.42. The van der Waals surface area contributed by atoms with Gasteiger partial charge >= 0.3 is 0 Å². The van der Waals surface area contributed by atoms with Gasteiger partial charge in [-0.2, -0.15) is 0 Å². The number of nitrogens with zero attached hydrogens (tertiary/aromatic N) is 2. The van der Waals surface area contributed by atoms with Crippen LogP contribution < -0.4 is 16.0 Å². The van der Waals surface area contributed by atoms with Crippen LogP contribution in [-0.2, 0) is 9.53 Å². The van der Waals surface area contributed by atoms with Crippen LogP contribution in [0.1, 0.15) is 12.5 Å². The number of carbonyl (C=O) groups excluding carboxylic acids is 1. The minimum atomic E-state index is -0.410. The summed E-state index contributed by atoms with van der Waals surface area (Å²) in [6.45, 7) is 3.91. The average Bonchev–Trinajstić information content (AvgIpc) is 2.47. The lowest BCUT2D eigenvalue weighted by molar-refractivity contribution is -0.124. The normalized spacial score (nSPS) is 18.6. The van der Waals surface area contributed by atoms with Gasteiger partial charge in [0, 0.05) is 19.3 Å². The highest BCUT2D eigenvalue weighted by atomic mass is 32.1. The Morgan fingerprint density at radius 1 is 1.70 bits per heavy atom. The predicted octanol–water partition coefficient (Wildman–Crippen LogP) is 0.0571. The molecule has 6 nitrogen and oxygen atoms in total. The number of thiocarbonyl (C=S) groups is 1. The highest BCUT2D eigenvalue weighted by Gasteiger charge is 2.31. The number of hydrogen-bond donors (Lipinski definition) is 2. The first-order chi connectivity index (χ1) is 9.65. The number of rotatable bonds is 4. The van der Waals surface area contributed by atoms with Gasteiger partial charge in [0.25, 0.3) is 0 Å². The van der Waals surface area contributed by atoms with Crippen LogP contribution in [0, 0.1) is 0 Å². The van der Waals surface area contributed by atoms with Crippen molar-refractivity contribution >= 4 is 28.9 Å². The number of carbonyl (C=O) groups is 1. The number of nitrogens with two attached hydrogens (primary N) is 1. The van der Waals surface area contributed by atoms with E-state index >= 15 is 0 Å². The highest BCUT2D eigenvalue weighted by molar-refractivity contribution is 7.80. The van der Waals surface area contributed by atoms with Crippen molar-refractivity contribution in [2.75, 3.05) is 31.2 Å². The molecule has 20 heavy (non-hydrogen) atoms.